The van der Waals surface area contributed by atoms with Gasteiger partial charge in [-0.25, -0.2) is 4.99 Å². The lowest BCUT2D eigenvalue weighted by Gasteiger charge is -2.39. The normalized spacial score (nSPS) is 21.9. The number of nitriles is 1. The molecule has 0 N–H and O–H groups in total. The predicted octanol–water partition coefficient (Wildman–Crippen LogP) is 4.94. The Labute approximate surface area is 284 Å². The number of fused-ring (bicyclic) bond motifs is 4. The summed E-state index contributed by atoms with van der Waals surface area (Å²) in [5.74, 6) is 1.61. The van der Waals surface area contributed by atoms with E-state index in [1.807, 2.05) is 19.0 Å². The van der Waals surface area contributed by atoms with E-state index in [0.29, 0.717) is 36.2 Å². The Kier molecular flexibility index (Phi) is 8.95. The lowest BCUT2D eigenvalue weighted by molar-refractivity contribution is 0.0236. The molecule has 1 saturated carbocycles. The van der Waals surface area contributed by atoms with Crippen molar-refractivity contribution >= 4 is 32.8 Å². The minimum Gasteiger partial charge on any atom is -0.477 e. The fourth-order valence-corrected chi connectivity index (χ4v) is 9.68. The highest BCUT2D eigenvalue weighted by molar-refractivity contribution is 7.86. The summed E-state index contributed by atoms with van der Waals surface area (Å²) >= 11 is 1.59. The molecule has 0 bridgehead atoms. The molecule has 1 atom stereocenters. The van der Waals surface area contributed by atoms with Crippen molar-refractivity contribution in [3.8, 4) is 29.3 Å². The number of rotatable bonds is 11. The maximum Gasteiger partial charge on any atom is 0.267 e. The van der Waals surface area contributed by atoms with Gasteiger partial charge in [-0.15, -0.1) is 11.3 Å². The molecule has 2 fully saturated rings. The highest BCUT2D eigenvalue weighted by Gasteiger charge is 2.50. The average Bonchev–Trinajstić information content (AvgIpc) is 3.50. The van der Waals surface area contributed by atoms with Crippen LogP contribution in [0.3, 0.4) is 0 Å². The van der Waals surface area contributed by atoms with Crippen molar-refractivity contribution in [3.05, 3.63) is 33.4 Å². The van der Waals surface area contributed by atoms with Crippen LogP contribution in [0.2, 0.25) is 0 Å². The smallest absolute Gasteiger partial charge is 0.267 e. The van der Waals surface area contributed by atoms with Gasteiger partial charge in [0.25, 0.3) is 10.1 Å². The lowest BCUT2D eigenvalue weighted by atomic mass is 9.63. The third-order valence-electron chi connectivity index (χ3n) is 9.79. The fraction of sp³-hybridized carbons (Fsp3) is 0.606. The van der Waals surface area contributed by atoms with E-state index in [9.17, 15) is 13.7 Å². The van der Waals surface area contributed by atoms with Crippen molar-refractivity contribution in [1.82, 2.24) is 20.0 Å². The molecular weight excluding hydrogens is 657 g/mol. The first-order chi connectivity index (χ1) is 23.1. The summed E-state index contributed by atoms with van der Waals surface area (Å²) in [6.07, 6.45) is 9.74. The largest absolute Gasteiger partial charge is 0.477 e. The van der Waals surface area contributed by atoms with Crippen LogP contribution in [0.4, 0.5) is 5.00 Å². The van der Waals surface area contributed by atoms with Crippen molar-refractivity contribution < 1.29 is 31.3 Å². The lowest BCUT2D eigenvalue weighted by Crippen LogP contribution is -2.35. The average molecular weight is 697 g/mol. The Morgan fingerprint density at radius 1 is 1.15 bits per heavy atom. The van der Waals surface area contributed by atoms with E-state index < -0.39 is 20.9 Å². The number of hydrogen-bond acceptors (Lipinski definition) is 13. The van der Waals surface area contributed by atoms with Gasteiger partial charge in [0.15, 0.2) is 17.3 Å². The van der Waals surface area contributed by atoms with Gasteiger partial charge in [-0.2, -0.15) is 23.6 Å². The molecule has 1 aliphatic heterocycles. The molecule has 3 aromatic heterocycles. The molecule has 7 rings (SSSR count). The minimum atomic E-state index is -3.65. The molecule has 4 heterocycles. The number of ether oxygens (including phenoxy) is 3. The quantitative estimate of drug-likeness (QED) is 0.151. The Bertz CT molecular complexity index is 1850. The number of hydrogen-bond donors (Lipinski definition) is 0. The molecule has 3 aromatic rings. The molecule has 0 amide bonds. The van der Waals surface area contributed by atoms with Crippen LogP contribution in [0.1, 0.15) is 78.7 Å². The van der Waals surface area contributed by atoms with Gasteiger partial charge in [-0.1, -0.05) is 5.16 Å². The Morgan fingerprint density at radius 3 is 2.60 bits per heavy atom. The fourth-order valence-electron chi connectivity index (χ4n) is 7.21. The van der Waals surface area contributed by atoms with Gasteiger partial charge >= 0.3 is 0 Å². The second-order valence-corrected chi connectivity index (χ2v) is 16.3. The van der Waals surface area contributed by atoms with Crippen LogP contribution < -0.4 is 9.47 Å². The zero-order chi connectivity index (χ0) is 33.5. The van der Waals surface area contributed by atoms with Crippen molar-refractivity contribution in [1.29, 1.82) is 5.26 Å². The summed E-state index contributed by atoms with van der Waals surface area (Å²) < 4.78 is 53.4. The molecule has 3 aliphatic carbocycles. The van der Waals surface area contributed by atoms with Crippen LogP contribution in [0.5, 0.6) is 11.8 Å². The number of thiophene rings is 1. The number of aliphatic imine (C=N–C) groups is 1. The molecular formula is C33H40N6O7S2. The maximum absolute atomic E-state index is 12.2. The van der Waals surface area contributed by atoms with E-state index in [1.165, 1.54) is 12.0 Å². The third-order valence-corrected chi connectivity index (χ3v) is 12.4. The zero-order valence-electron chi connectivity index (χ0n) is 27.5. The highest BCUT2D eigenvalue weighted by atomic mass is 32.2. The van der Waals surface area contributed by atoms with Gasteiger partial charge < -0.3 is 23.6 Å². The predicted molar refractivity (Wildman–Crippen MR) is 177 cm³/mol. The van der Waals surface area contributed by atoms with Crippen LogP contribution in [-0.2, 0) is 37.3 Å². The first kappa shape index (κ1) is 32.9. The van der Waals surface area contributed by atoms with E-state index in [2.05, 4.69) is 16.2 Å². The first-order valence-corrected chi connectivity index (χ1v) is 18.8. The molecule has 0 radical (unpaired) electrons. The summed E-state index contributed by atoms with van der Waals surface area (Å²) in [4.78, 5) is 17.3. The van der Waals surface area contributed by atoms with Gasteiger partial charge in [0, 0.05) is 42.8 Å². The molecule has 0 unspecified atom stereocenters. The highest BCUT2D eigenvalue weighted by Crippen LogP contribution is 2.56. The third kappa shape index (κ3) is 6.43. The van der Waals surface area contributed by atoms with E-state index in [-0.39, 0.29) is 24.3 Å². The van der Waals surface area contributed by atoms with Gasteiger partial charge in [0.2, 0.25) is 11.8 Å². The molecule has 1 spiro atoms. The van der Waals surface area contributed by atoms with E-state index in [0.717, 1.165) is 86.1 Å². The molecule has 1 saturated heterocycles. The Morgan fingerprint density at radius 2 is 1.90 bits per heavy atom. The van der Waals surface area contributed by atoms with Crippen LogP contribution in [0, 0.1) is 16.7 Å². The van der Waals surface area contributed by atoms with Crippen molar-refractivity contribution in [3.63, 3.8) is 0 Å². The van der Waals surface area contributed by atoms with E-state index >= 15 is 0 Å². The van der Waals surface area contributed by atoms with Crippen LogP contribution in [0.25, 0.3) is 11.5 Å². The molecule has 0 aromatic carbocycles. The molecule has 15 heteroatoms. The van der Waals surface area contributed by atoms with Crippen molar-refractivity contribution in [2.75, 3.05) is 46.8 Å². The van der Waals surface area contributed by atoms with Crippen molar-refractivity contribution in [2.24, 2.45) is 10.4 Å². The van der Waals surface area contributed by atoms with Gasteiger partial charge in [-0.05, 0) is 56.9 Å². The topological polar surface area (TPSA) is 162 Å². The number of aromatic nitrogens is 3. The standard InChI is InChI=1S/C33H40N6O7S2/c1-39(2)20-35-31-23(17-34)27-24(47-31)7-5-11-33(27)10-4-6-22-28(38-46-29(22)33)30-36-25(16-26(37-30)45-21-8-14-43-15-9-21)44-18-32(12-13-32)19-48(40,41)42-3/h16,20-21H,4-15,18-19H2,1-3H3/t33-/m0/s1. The maximum atomic E-state index is 12.2. The zero-order valence-corrected chi connectivity index (χ0v) is 29.1. The Balaban J connectivity index is 1.25. The second kappa shape index (κ2) is 13.0. The van der Waals surface area contributed by atoms with Crippen LogP contribution in [-0.4, -0.2) is 87.7 Å². The molecule has 256 valence electrons. The number of aryl methyl sites for hydroxylation is 1. The summed E-state index contributed by atoms with van der Waals surface area (Å²) in [5.41, 5.74) is 2.09. The van der Waals surface area contributed by atoms with E-state index in [1.54, 1.807) is 23.7 Å². The monoisotopic (exact) mass is 696 g/mol. The van der Waals surface area contributed by atoms with Crippen LogP contribution >= 0.6 is 11.3 Å². The SMILES string of the molecule is COS(=O)(=O)CC1(COc2cc(OC3CCOCC3)nc(-c3noc4c3CCC[C@@]43CCCc4sc(N=CN(C)C)c(C#N)c43)n2)CC1. The second-order valence-electron chi connectivity index (χ2n) is 13.5. The van der Waals surface area contributed by atoms with Crippen molar-refractivity contribution in [2.45, 2.75) is 75.7 Å². The summed E-state index contributed by atoms with van der Waals surface area (Å²) in [6.45, 7) is 1.39. The first-order valence-electron chi connectivity index (χ1n) is 16.5. The molecule has 4 aliphatic rings. The van der Waals surface area contributed by atoms with E-state index in [4.69, 9.17) is 32.9 Å². The number of nitrogens with zero attached hydrogens (tertiary/aromatic N) is 6. The summed E-state index contributed by atoms with van der Waals surface area (Å²) in [5, 5.41) is 15.7. The summed E-state index contributed by atoms with van der Waals surface area (Å²) in [6, 6.07) is 4.13. The van der Waals surface area contributed by atoms with Gasteiger partial charge in [-0.3, -0.25) is 4.18 Å². The Hall–Kier alpha value is -3.58. The summed E-state index contributed by atoms with van der Waals surface area (Å²) in [7, 11) is 1.35. The van der Waals surface area contributed by atoms with Gasteiger partial charge in [0.05, 0.1) is 56.1 Å². The minimum absolute atomic E-state index is 0.0709. The molecule has 13 nitrogen and oxygen atoms in total. The van der Waals surface area contributed by atoms with Crippen LogP contribution in [0.15, 0.2) is 15.6 Å². The molecule has 48 heavy (non-hydrogen) atoms. The van der Waals surface area contributed by atoms with Gasteiger partial charge in [0.1, 0.15) is 17.2 Å².